The summed E-state index contributed by atoms with van der Waals surface area (Å²) in [7, 11) is 0. The van der Waals surface area contributed by atoms with E-state index >= 15 is 0 Å². The minimum Gasteiger partial charge on any atom is -0.466 e. The summed E-state index contributed by atoms with van der Waals surface area (Å²) in [6, 6.07) is 0. The van der Waals surface area contributed by atoms with Gasteiger partial charge in [-0.3, -0.25) is 4.79 Å². The van der Waals surface area contributed by atoms with Crippen LogP contribution in [0.15, 0.2) is 12.7 Å². The second-order valence-electron chi connectivity index (χ2n) is 2.44. The highest BCUT2D eigenvalue weighted by Crippen LogP contribution is 2.06. The number of esters is 1. The monoisotopic (exact) mass is 156 g/mol. The van der Waals surface area contributed by atoms with Crippen LogP contribution >= 0.6 is 0 Å². The predicted octanol–water partition coefficient (Wildman–Crippen LogP) is 2.30. The smallest absolute Gasteiger partial charge is 0.305 e. The zero-order chi connectivity index (χ0) is 8.53. The lowest BCUT2D eigenvalue weighted by molar-refractivity contribution is -0.142. The second kappa shape index (κ2) is 7.32. The van der Waals surface area contributed by atoms with E-state index in [4.69, 9.17) is 4.74 Å². The van der Waals surface area contributed by atoms with Crippen molar-refractivity contribution >= 4 is 5.97 Å². The first-order chi connectivity index (χ1) is 5.31. The zero-order valence-corrected chi connectivity index (χ0v) is 7.14. The van der Waals surface area contributed by atoms with Gasteiger partial charge >= 0.3 is 5.97 Å². The summed E-state index contributed by atoms with van der Waals surface area (Å²) < 4.78 is 4.76. The van der Waals surface area contributed by atoms with Gasteiger partial charge in [0.1, 0.15) is 0 Å². The molecule has 0 aromatic heterocycles. The summed E-state index contributed by atoms with van der Waals surface area (Å²) >= 11 is 0. The van der Waals surface area contributed by atoms with Gasteiger partial charge in [0.25, 0.3) is 0 Å². The van der Waals surface area contributed by atoms with Crippen LogP contribution in [0.5, 0.6) is 0 Å². The first kappa shape index (κ1) is 10.2. The fourth-order valence-corrected chi connectivity index (χ4v) is 0.806. The average Bonchev–Trinajstić information content (AvgIpc) is 2.18. The zero-order valence-electron chi connectivity index (χ0n) is 7.14. The maximum Gasteiger partial charge on any atom is 0.305 e. The third-order valence-corrected chi connectivity index (χ3v) is 1.29. The Morgan fingerprint density at radius 3 is 2.73 bits per heavy atom. The van der Waals surface area contributed by atoms with Crippen molar-refractivity contribution in [2.45, 2.75) is 32.6 Å². The number of cyclic esters (lactones) is 1. The van der Waals surface area contributed by atoms with Gasteiger partial charge < -0.3 is 4.74 Å². The van der Waals surface area contributed by atoms with E-state index in [0.29, 0.717) is 13.0 Å². The summed E-state index contributed by atoms with van der Waals surface area (Å²) in [5.74, 6) is -0.0255. The summed E-state index contributed by atoms with van der Waals surface area (Å²) in [6.07, 6.45) is 5.58. The molecule has 1 rings (SSSR count). The van der Waals surface area contributed by atoms with Crippen LogP contribution in [0.25, 0.3) is 0 Å². The molecule has 2 heteroatoms. The van der Waals surface area contributed by atoms with Crippen molar-refractivity contribution in [3.05, 3.63) is 12.7 Å². The van der Waals surface area contributed by atoms with Crippen molar-refractivity contribution in [3.63, 3.8) is 0 Å². The van der Waals surface area contributed by atoms with Gasteiger partial charge in [-0.1, -0.05) is 6.08 Å². The van der Waals surface area contributed by atoms with E-state index in [-0.39, 0.29) is 5.97 Å². The molecule has 0 N–H and O–H groups in total. The van der Waals surface area contributed by atoms with Gasteiger partial charge in [0, 0.05) is 6.42 Å². The van der Waals surface area contributed by atoms with Gasteiger partial charge in [0.2, 0.25) is 0 Å². The van der Waals surface area contributed by atoms with Crippen LogP contribution in [-0.4, -0.2) is 12.6 Å². The molecule has 0 aromatic rings. The van der Waals surface area contributed by atoms with Crippen molar-refractivity contribution in [2.24, 2.45) is 0 Å². The van der Waals surface area contributed by atoms with Gasteiger partial charge in [-0.25, -0.2) is 0 Å². The standard InChI is InChI=1S/C6H10O2.C3H6/c7-6-4-2-1-3-5-8-6;1-3-2/h1-5H2;3H,1H2,2H3. The largest absolute Gasteiger partial charge is 0.466 e. The van der Waals surface area contributed by atoms with E-state index < -0.39 is 0 Å². The van der Waals surface area contributed by atoms with Gasteiger partial charge in [-0.15, -0.1) is 6.58 Å². The molecule has 0 spiro atoms. The lowest BCUT2D eigenvalue weighted by Crippen LogP contribution is -2.00. The minimum absolute atomic E-state index is 0.0255. The van der Waals surface area contributed by atoms with Crippen molar-refractivity contribution in [2.75, 3.05) is 6.61 Å². The van der Waals surface area contributed by atoms with Crippen LogP contribution in [0.2, 0.25) is 0 Å². The third-order valence-electron chi connectivity index (χ3n) is 1.29. The van der Waals surface area contributed by atoms with Crippen LogP contribution in [0.3, 0.4) is 0 Å². The van der Waals surface area contributed by atoms with E-state index in [1.165, 1.54) is 0 Å². The predicted molar refractivity (Wildman–Crippen MR) is 45.3 cm³/mol. The molecule has 1 aliphatic heterocycles. The Kier molecular flexibility index (Phi) is 6.79. The molecule has 0 radical (unpaired) electrons. The Morgan fingerprint density at radius 1 is 1.45 bits per heavy atom. The molecule has 1 saturated heterocycles. The average molecular weight is 156 g/mol. The quantitative estimate of drug-likeness (QED) is 0.397. The number of carbonyl (C=O) groups excluding carboxylic acids is 1. The van der Waals surface area contributed by atoms with Gasteiger partial charge in [0.05, 0.1) is 6.61 Å². The van der Waals surface area contributed by atoms with Crippen molar-refractivity contribution < 1.29 is 9.53 Å². The second-order valence-corrected chi connectivity index (χ2v) is 2.44. The maximum absolute atomic E-state index is 10.5. The molecule has 1 heterocycles. The molecule has 0 aromatic carbocycles. The highest BCUT2D eigenvalue weighted by atomic mass is 16.5. The molecule has 64 valence electrons. The Morgan fingerprint density at radius 2 is 2.09 bits per heavy atom. The van der Waals surface area contributed by atoms with E-state index in [1.54, 1.807) is 6.08 Å². The molecule has 1 fully saturated rings. The minimum atomic E-state index is -0.0255. The number of hydrogen-bond donors (Lipinski definition) is 0. The Balaban J connectivity index is 0.000000292. The van der Waals surface area contributed by atoms with Crippen LogP contribution in [0.1, 0.15) is 32.6 Å². The van der Waals surface area contributed by atoms with Crippen molar-refractivity contribution in [1.29, 1.82) is 0 Å². The number of rotatable bonds is 0. The van der Waals surface area contributed by atoms with Gasteiger partial charge in [-0.05, 0) is 26.2 Å². The van der Waals surface area contributed by atoms with Crippen LogP contribution in [-0.2, 0) is 9.53 Å². The number of carbonyl (C=O) groups is 1. The first-order valence-electron chi connectivity index (χ1n) is 4.04. The van der Waals surface area contributed by atoms with Gasteiger partial charge in [0.15, 0.2) is 0 Å². The fourth-order valence-electron chi connectivity index (χ4n) is 0.806. The highest BCUT2D eigenvalue weighted by Gasteiger charge is 2.05. The Hall–Kier alpha value is -0.790. The molecular weight excluding hydrogens is 140 g/mol. The summed E-state index contributed by atoms with van der Waals surface area (Å²) in [5, 5.41) is 0. The maximum atomic E-state index is 10.5. The normalized spacial score (nSPS) is 17.0. The number of allylic oxidation sites excluding steroid dienone is 1. The first-order valence-corrected chi connectivity index (χ1v) is 4.04. The van der Waals surface area contributed by atoms with E-state index in [0.717, 1.165) is 19.3 Å². The Labute approximate surface area is 68.2 Å². The van der Waals surface area contributed by atoms with E-state index in [9.17, 15) is 4.79 Å². The summed E-state index contributed by atoms with van der Waals surface area (Å²) in [4.78, 5) is 10.5. The van der Waals surface area contributed by atoms with E-state index in [1.807, 2.05) is 6.92 Å². The third kappa shape index (κ3) is 7.10. The molecular formula is C9H16O2. The Bertz CT molecular complexity index is 109. The highest BCUT2D eigenvalue weighted by molar-refractivity contribution is 5.69. The van der Waals surface area contributed by atoms with Crippen LogP contribution < -0.4 is 0 Å². The number of hydrogen-bond acceptors (Lipinski definition) is 2. The molecule has 0 unspecified atom stereocenters. The lowest BCUT2D eigenvalue weighted by Gasteiger charge is -1.93. The molecule has 11 heavy (non-hydrogen) atoms. The molecule has 0 atom stereocenters. The lowest BCUT2D eigenvalue weighted by atomic mass is 10.2. The summed E-state index contributed by atoms with van der Waals surface area (Å²) in [6.45, 7) is 5.89. The number of ether oxygens (including phenoxy) is 1. The van der Waals surface area contributed by atoms with Crippen LogP contribution in [0, 0.1) is 0 Å². The fraction of sp³-hybridized carbons (Fsp3) is 0.667. The SMILES string of the molecule is C=CC.O=C1CCCCCO1. The molecule has 1 aliphatic rings. The van der Waals surface area contributed by atoms with Crippen molar-refractivity contribution in [3.8, 4) is 0 Å². The van der Waals surface area contributed by atoms with Gasteiger partial charge in [-0.2, -0.15) is 0 Å². The molecule has 0 saturated carbocycles. The molecule has 2 nitrogen and oxygen atoms in total. The van der Waals surface area contributed by atoms with Crippen LogP contribution in [0.4, 0.5) is 0 Å². The van der Waals surface area contributed by atoms with E-state index in [2.05, 4.69) is 6.58 Å². The topological polar surface area (TPSA) is 26.3 Å². The molecule has 0 aliphatic carbocycles. The summed E-state index contributed by atoms with van der Waals surface area (Å²) in [5.41, 5.74) is 0. The molecule has 0 amide bonds. The molecule has 0 bridgehead atoms. The van der Waals surface area contributed by atoms with Crippen molar-refractivity contribution in [1.82, 2.24) is 0 Å².